The molecule has 0 atom stereocenters. The maximum absolute atomic E-state index is 12.6. The number of aromatic amines is 1. The van der Waals surface area contributed by atoms with Gasteiger partial charge in [-0.05, 0) is 55.8 Å². The zero-order valence-electron chi connectivity index (χ0n) is 15.6. The number of carbonyl (C=O) groups excluding carboxylic acids is 1. The lowest BCUT2D eigenvalue weighted by molar-refractivity contribution is 0.0458. The van der Waals surface area contributed by atoms with Gasteiger partial charge in [-0.3, -0.25) is 0 Å². The van der Waals surface area contributed by atoms with Crippen LogP contribution in [0, 0.1) is 13.8 Å². The van der Waals surface area contributed by atoms with E-state index in [2.05, 4.69) is 9.97 Å². The minimum Gasteiger partial charge on any atom is -0.454 e. The topological polar surface area (TPSA) is 80.1 Å². The number of rotatable bonds is 5. The fourth-order valence-corrected chi connectivity index (χ4v) is 3.57. The van der Waals surface area contributed by atoms with Gasteiger partial charge < -0.3 is 19.4 Å². The Balaban J connectivity index is 1.59. The van der Waals surface area contributed by atoms with Crippen molar-refractivity contribution in [2.75, 3.05) is 6.61 Å². The second-order valence-corrected chi connectivity index (χ2v) is 7.18. The van der Waals surface area contributed by atoms with Crippen LogP contribution in [0.4, 0.5) is 0 Å². The molecule has 0 amide bonds. The maximum Gasteiger partial charge on any atom is 0.338 e. The third-order valence-electron chi connectivity index (χ3n) is 4.99. The Kier molecular flexibility index (Phi) is 4.83. The first-order valence-electron chi connectivity index (χ1n) is 8.99. The Labute approximate surface area is 166 Å². The summed E-state index contributed by atoms with van der Waals surface area (Å²) >= 11 is 6.08. The van der Waals surface area contributed by atoms with Crippen molar-refractivity contribution < 1.29 is 14.6 Å². The average molecular weight is 398 g/mol. The molecule has 2 aromatic heterocycles. The van der Waals surface area contributed by atoms with E-state index in [-0.39, 0.29) is 13.2 Å². The van der Waals surface area contributed by atoms with Gasteiger partial charge in [0.2, 0.25) is 0 Å². The van der Waals surface area contributed by atoms with Gasteiger partial charge in [-0.1, -0.05) is 11.6 Å². The van der Waals surface area contributed by atoms with E-state index in [0.717, 1.165) is 33.2 Å². The van der Waals surface area contributed by atoms with Crippen LogP contribution >= 0.6 is 11.6 Å². The molecule has 4 rings (SSSR count). The molecule has 144 valence electrons. The normalized spacial score (nSPS) is 11.4. The van der Waals surface area contributed by atoms with Crippen molar-refractivity contribution >= 4 is 39.5 Å². The number of aliphatic hydroxyl groups excluding tert-OH is 1. The Hall–Kier alpha value is -2.83. The van der Waals surface area contributed by atoms with E-state index in [0.29, 0.717) is 23.0 Å². The summed E-state index contributed by atoms with van der Waals surface area (Å²) in [6.45, 7) is 4.32. The number of halogens is 1. The van der Waals surface area contributed by atoms with Crippen LogP contribution in [0.1, 0.15) is 27.4 Å². The van der Waals surface area contributed by atoms with Crippen molar-refractivity contribution in [3.63, 3.8) is 0 Å². The van der Waals surface area contributed by atoms with Crippen LogP contribution in [0.2, 0.25) is 5.02 Å². The third kappa shape index (κ3) is 3.25. The quantitative estimate of drug-likeness (QED) is 0.496. The summed E-state index contributed by atoms with van der Waals surface area (Å²) in [5, 5.41) is 11.0. The van der Waals surface area contributed by atoms with E-state index < -0.39 is 5.97 Å². The highest BCUT2D eigenvalue weighted by molar-refractivity contribution is 6.31. The van der Waals surface area contributed by atoms with Crippen LogP contribution < -0.4 is 0 Å². The molecule has 0 radical (unpaired) electrons. The second kappa shape index (κ2) is 7.30. The summed E-state index contributed by atoms with van der Waals surface area (Å²) in [5.74, 6) is 0.148. The lowest BCUT2D eigenvalue weighted by Gasteiger charge is -2.09. The van der Waals surface area contributed by atoms with Gasteiger partial charge in [-0.2, -0.15) is 0 Å². The van der Waals surface area contributed by atoms with Crippen LogP contribution in [-0.4, -0.2) is 32.2 Å². The van der Waals surface area contributed by atoms with E-state index in [4.69, 9.17) is 16.3 Å². The zero-order chi connectivity index (χ0) is 19.8. The monoisotopic (exact) mass is 397 g/mol. The first kappa shape index (κ1) is 18.5. The molecule has 0 saturated carbocycles. The molecule has 2 N–H and O–H groups in total. The second-order valence-electron chi connectivity index (χ2n) is 6.75. The lowest BCUT2D eigenvalue weighted by Crippen LogP contribution is -2.11. The molecule has 0 fully saturated rings. The highest BCUT2D eigenvalue weighted by Crippen LogP contribution is 2.24. The number of aromatic nitrogens is 3. The zero-order valence-corrected chi connectivity index (χ0v) is 16.4. The molecule has 28 heavy (non-hydrogen) atoms. The van der Waals surface area contributed by atoms with E-state index in [9.17, 15) is 9.90 Å². The summed E-state index contributed by atoms with van der Waals surface area (Å²) in [7, 11) is 0. The molecule has 2 aromatic carbocycles. The Morgan fingerprint density at radius 1 is 1.25 bits per heavy atom. The summed E-state index contributed by atoms with van der Waals surface area (Å²) in [6, 6.07) is 10.8. The average Bonchev–Trinajstić information content (AvgIpc) is 3.17. The number of imidazole rings is 1. The first-order valence-corrected chi connectivity index (χ1v) is 9.37. The number of aryl methyl sites for hydroxylation is 2. The molecule has 4 aromatic rings. The van der Waals surface area contributed by atoms with Gasteiger partial charge in [0.15, 0.2) is 0 Å². The highest BCUT2D eigenvalue weighted by Gasteiger charge is 2.15. The van der Waals surface area contributed by atoms with Gasteiger partial charge in [0, 0.05) is 28.2 Å². The molecule has 0 unspecified atom stereocenters. The number of fused-ring (bicyclic) bond motifs is 2. The predicted molar refractivity (Wildman–Crippen MR) is 109 cm³/mol. The summed E-state index contributed by atoms with van der Waals surface area (Å²) in [6.07, 6.45) is 0. The number of nitrogens with zero attached hydrogens (tertiary/aromatic N) is 2. The number of hydrogen-bond donors (Lipinski definition) is 2. The SMILES string of the molecule is Cc1[nH]c2ccc(C(=O)OCc3nc4ccc(Cl)cc4n3CCO)cc2c1C. The minimum absolute atomic E-state index is 0.00825. The fraction of sp³-hybridized carbons (Fsp3) is 0.238. The number of esters is 1. The smallest absolute Gasteiger partial charge is 0.338 e. The van der Waals surface area contributed by atoms with Crippen molar-refractivity contribution in [2.24, 2.45) is 0 Å². The van der Waals surface area contributed by atoms with Crippen molar-refractivity contribution in [1.82, 2.24) is 14.5 Å². The molecule has 0 aliphatic heterocycles. The van der Waals surface area contributed by atoms with Crippen LogP contribution in [0.25, 0.3) is 21.9 Å². The van der Waals surface area contributed by atoms with E-state index in [1.165, 1.54) is 0 Å². The molecule has 0 bridgehead atoms. The third-order valence-corrected chi connectivity index (χ3v) is 5.22. The molecular formula is C21H20ClN3O3. The number of aliphatic hydroxyl groups is 1. The summed E-state index contributed by atoms with van der Waals surface area (Å²) < 4.78 is 7.33. The van der Waals surface area contributed by atoms with E-state index in [1.54, 1.807) is 18.2 Å². The molecule has 0 aliphatic rings. The van der Waals surface area contributed by atoms with Crippen LogP contribution in [-0.2, 0) is 17.9 Å². The summed E-state index contributed by atoms with van der Waals surface area (Å²) in [5.41, 5.74) is 5.22. The lowest BCUT2D eigenvalue weighted by atomic mass is 10.1. The standard InChI is InChI=1S/C21H20ClN3O3/c1-12-13(2)23-17-5-3-14(9-16(12)17)21(27)28-11-20-24-18-6-4-15(22)10-19(18)25(20)7-8-26/h3-6,9-10,23,26H,7-8,11H2,1-2H3. The molecular weight excluding hydrogens is 378 g/mol. The van der Waals surface area contributed by atoms with Gasteiger partial charge >= 0.3 is 5.97 Å². The van der Waals surface area contributed by atoms with Gasteiger partial charge in [0.05, 0.1) is 23.2 Å². The molecule has 0 spiro atoms. The molecule has 7 heteroatoms. The summed E-state index contributed by atoms with van der Waals surface area (Å²) in [4.78, 5) is 20.4. The van der Waals surface area contributed by atoms with Crippen molar-refractivity contribution in [3.05, 3.63) is 64.1 Å². The number of ether oxygens (including phenoxy) is 1. The molecule has 6 nitrogen and oxygen atoms in total. The predicted octanol–water partition coefficient (Wildman–Crippen LogP) is 4.14. The van der Waals surface area contributed by atoms with Gasteiger partial charge in [0.25, 0.3) is 0 Å². The number of nitrogens with one attached hydrogen (secondary N) is 1. The van der Waals surface area contributed by atoms with E-state index >= 15 is 0 Å². The number of hydrogen-bond acceptors (Lipinski definition) is 4. The molecule has 0 aliphatic carbocycles. The first-order chi connectivity index (χ1) is 13.5. The van der Waals surface area contributed by atoms with Crippen LogP contribution in [0.15, 0.2) is 36.4 Å². The van der Waals surface area contributed by atoms with Gasteiger partial charge in [0.1, 0.15) is 12.4 Å². The maximum atomic E-state index is 12.6. The van der Waals surface area contributed by atoms with Crippen LogP contribution in [0.5, 0.6) is 0 Å². The highest BCUT2D eigenvalue weighted by atomic mass is 35.5. The number of benzene rings is 2. The molecule has 0 saturated heterocycles. The van der Waals surface area contributed by atoms with E-state index in [1.807, 2.05) is 36.6 Å². The minimum atomic E-state index is -0.416. The van der Waals surface area contributed by atoms with Crippen molar-refractivity contribution in [3.8, 4) is 0 Å². The Bertz CT molecular complexity index is 1190. The van der Waals surface area contributed by atoms with Gasteiger partial charge in [-0.25, -0.2) is 9.78 Å². The largest absolute Gasteiger partial charge is 0.454 e. The number of H-pyrrole nitrogens is 1. The Morgan fingerprint density at radius 3 is 2.86 bits per heavy atom. The number of carbonyl (C=O) groups is 1. The Morgan fingerprint density at radius 2 is 2.07 bits per heavy atom. The fourth-order valence-electron chi connectivity index (χ4n) is 3.41. The van der Waals surface area contributed by atoms with Crippen LogP contribution in [0.3, 0.4) is 0 Å². The van der Waals surface area contributed by atoms with Crippen molar-refractivity contribution in [1.29, 1.82) is 0 Å². The van der Waals surface area contributed by atoms with Crippen molar-refractivity contribution in [2.45, 2.75) is 27.0 Å². The molecule has 2 heterocycles. The van der Waals surface area contributed by atoms with Gasteiger partial charge in [-0.15, -0.1) is 0 Å².